The second-order valence-electron chi connectivity index (χ2n) is 26.3. The first kappa shape index (κ1) is 52.5. The number of hydrogen-bond acceptors (Lipinski definition) is 0. The molecule has 24 aromatic rings. The number of benzene rings is 16. The molecular weight excluding hydrogens is 1180 g/mol. The highest BCUT2D eigenvalue weighted by molar-refractivity contribution is 6.30. The Balaban J connectivity index is 0.0000000949. The first-order chi connectivity index (χ1) is 48.1. The highest BCUT2D eigenvalue weighted by atomic mass is 15.0. The van der Waals surface area contributed by atoms with Crippen LogP contribution >= 0.6 is 0 Å². The Bertz CT molecular complexity index is 6810. The lowest BCUT2D eigenvalue weighted by Gasteiger charge is -2.11. The molecule has 0 aliphatic carbocycles. The van der Waals surface area contributed by atoms with Gasteiger partial charge < -0.3 is 22.3 Å². The molecule has 0 amide bonds. The molecule has 0 N–H and O–H groups in total. The summed E-state index contributed by atoms with van der Waals surface area (Å²) in [5.41, 5.74) is 21.5. The summed E-state index contributed by atoms with van der Waals surface area (Å²) in [6, 6.07) is 122. The third-order valence-electron chi connectivity index (χ3n) is 21.4. The zero-order valence-corrected chi connectivity index (χ0v) is 52.5. The van der Waals surface area contributed by atoms with E-state index in [4.69, 9.17) is 0 Å². The van der Waals surface area contributed by atoms with Crippen LogP contribution in [0.3, 0.4) is 0 Å². The maximum Gasteiger partial charge on any atom is 0.0620 e. The lowest BCUT2D eigenvalue weighted by Crippen LogP contribution is -1.94. The lowest BCUT2D eigenvalue weighted by atomic mass is 10.0. The molecule has 5 nitrogen and oxygen atoms in total. The van der Waals surface area contributed by atoms with E-state index in [1.165, 1.54) is 202 Å². The van der Waals surface area contributed by atoms with Gasteiger partial charge in [-0.15, -0.1) is 0 Å². The van der Waals surface area contributed by atoms with E-state index >= 15 is 0 Å². The summed E-state index contributed by atoms with van der Waals surface area (Å²) in [7, 11) is 0. The average molecular weight is 1230 g/mol. The molecule has 0 fully saturated rings. The topological polar surface area (TPSA) is 23.1 Å². The molecular formula is C92H55N5. The summed E-state index contributed by atoms with van der Waals surface area (Å²) in [6.45, 7) is 0. The Morgan fingerprint density at radius 3 is 0.701 bits per heavy atom. The number of aromatic nitrogens is 5. The van der Waals surface area contributed by atoms with Gasteiger partial charge in [-0.3, -0.25) is 0 Å². The maximum atomic E-state index is 2.47. The van der Waals surface area contributed by atoms with Crippen molar-refractivity contribution in [2.75, 3.05) is 0 Å². The Morgan fingerprint density at radius 2 is 0.371 bits per heavy atom. The first-order valence-corrected chi connectivity index (χ1v) is 33.6. The highest BCUT2D eigenvalue weighted by Crippen LogP contribution is 2.46. The van der Waals surface area contributed by atoms with Crippen molar-refractivity contribution < 1.29 is 0 Å². The zero-order valence-electron chi connectivity index (χ0n) is 52.5. The molecule has 8 aromatic heterocycles. The molecule has 0 atom stereocenters. The van der Waals surface area contributed by atoms with Gasteiger partial charge in [-0.25, -0.2) is 0 Å². The van der Waals surface area contributed by atoms with Crippen LogP contribution in [-0.2, 0) is 0 Å². The Labute approximate surface area is 554 Å². The molecule has 0 saturated heterocycles. The molecule has 0 radical (unpaired) electrons. The lowest BCUT2D eigenvalue weighted by molar-refractivity contribution is 1.18. The standard InChI is InChI=1S/C36H24N2.C30H16N2.C26H15N/c1-5-13-33-29(9-1)30-10-2-6-14-34(30)37(33)27-21-17-25(18-22-27)26-19-23-28(24-20-26)38-35-15-7-3-11-31(35)32-12-4-8-16-36(32)38;1-3-13-25-17(7-1)19-9-5-11-21-23-16-28-24(15-27(23)31(25)29(19)21)22-12-6-10-20-18-8-2-4-14-26(18)32(28)30(20)22;1-3-8-18-14-24-22(12-16(18)6-1)20-10-5-11-21-23-13-17-7-2-4-9-19(17)15-25(23)27(24)26(20)21/h1-24H;1-16H;1-15H. The van der Waals surface area contributed by atoms with Crippen molar-refractivity contribution in [3.63, 3.8) is 0 Å². The van der Waals surface area contributed by atoms with E-state index < -0.39 is 0 Å². The Hall–Kier alpha value is -13.0. The van der Waals surface area contributed by atoms with Crippen molar-refractivity contribution in [2.45, 2.75) is 0 Å². The van der Waals surface area contributed by atoms with Gasteiger partial charge in [0.2, 0.25) is 0 Å². The summed E-state index contributed by atoms with van der Waals surface area (Å²) in [5, 5.41) is 26.3. The second kappa shape index (κ2) is 19.8. The molecule has 0 bridgehead atoms. The number of rotatable bonds is 3. The van der Waals surface area contributed by atoms with Gasteiger partial charge in [0.1, 0.15) is 0 Å². The van der Waals surface area contributed by atoms with Crippen LogP contribution in [0.1, 0.15) is 0 Å². The Kier molecular flexibility index (Phi) is 10.7. The molecule has 0 spiro atoms. The van der Waals surface area contributed by atoms with Gasteiger partial charge in [0.15, 0.2) is 0 Å². The highest BCUT2D eigenvalue weighted by Gasteiger charge is 2.24. The number of hydrogen-bond donors (Lipinski definition) is 0. The van der Waals surface area contributed by atoms with Gasteiger partial charge in [-0.05, 0) is 130 Å². The Morgan fingerprint density at radius 1 is 0.144 bits per heavy atom. The largest absolute Gasteiger partial charge is 0.309 e. The van der Waals surface area contributed by atoms with Crippen LogP contribution in [0.2, 0.25) is 0 Å². The van der Waals surface area contributed by atoms with Crippen molar-refractivity contribution in [3.8, 4) is 22.5 Å². The van der Waals surface area contributed by atoms with Crippen LogP contribution in [0, 0.1) is 0 Å². The van der Waals surface area contributed by atoms with E-state index in [0.717, 1.165) is 0 Å². The monoisotopic (exact) mass is 1230 g/mol. The third kappa shape index (κ3) is 7.32. The fraction of sp³-hybridized carbons (Fsp3) is 0. The molecule has 24 rings (SSSR count). The molecule has 5 heteroatoms. The van der Waals surface area contributed by atoms with Crippen molar-refractivity contribution in [1.82, 2.24) is 22.3 Å². The quantitative estimate of drug-likeness (QED) is 0.168. The van der Waals surface area contributed by atoms with E-state index in [1.807, 2.05) is 0 Å². The predicted molar refractivity (Wildman–Crippen MR) is 412 cm³/mol. The molecule has 0 aliphatic heterocycles. The van der Waals surface area contributed by atoms with Gasteiger partial charge in [0.25, 0.3) is 0 Å². The smallest absolute Gasteiger partial charge is 0.0620 e. The van der Waals surface area contributed by atoms with Crippen LogP contribution in [-0.4, -0.2) is 22.3 Å². The maximum absolute atomic E-state index is 2.47. The minimum atomic E-state index is 1.17. The predicted octanol–water partition coefficient (Wildman–Crippen LogP) is 24.7. The van der Waals surface area contributed by atoms with Crippen molar-refractivity contribution in [1.29, 1.82) is 0 Å². The molecule has 97 heavy (non-hydrogen) atoms. The van der Waals surface area contributed by atoms with Crippen molar-refractivity contribution in [2.24, 2.45) is 0 Å². The van der Waals surface area contributed by atoms with Gasteiger partial charge >= 0.3 is 0 Å². The molecule has 0 aliphatic rings. The fourth-order valence-electron chi connectivity index (χ4n) is 17.2. The average Bonchev–Trinajstić information content (AvgIpc) is 1.53. The van der Waals surface area contributed by atoms with Crippen LogP contribution in [0.5, 0.6) is 0 Å². The molecule has 16 aromatic carbocycles. The summed E-state index contributed by atoms with van der Waals surface area (Å²) in [4.78, 5) is 0. The van der Waals surface area contributed by atoms with E-state index in [9.17, 15) is 0 Å². The summed E-state index contributed by atoms with van der Waals surface area (Å²) >= 11 is 0. The molecule has 448 valence electrons. The van der Waals surface area contributed by atoms with Crippen LogP contribution < -0.4 is 0 Å². The third-order valence-corrected chi connectivity index (χ3v) is 21.4. The zero-order chi connectivity index (χ0) is 63.1. The van der Waals surface area contributed by atoms with Crippen molar-refractivity contribution >= 4 is 179 Å². The summed E-state index contributed by atoms with van der Waals surface area (Å²) in [6.07, 6.45) is 0. The van der Waals surface area contributed by atoms with E-state index in [0.29, 0.717) is 0 Å². The van der Waals surface area contributed by atoms with Gasteiger partial charge in [0.05, 0.1) is 71.7 Å². The number of fused-ring (bicyclic) bond motifs is 26. The fourth-order valence-corrected chi connectivity index (χ4v) is 17.2. The van der Waals surface area contributed by atoms with E-state index in [2.05, 4.69) is 356 Å². The minimum Gasteiger partial charge on any atom is -0.309 e. The summed E-state index contributed by atoms with van der Waals surface area (Å²) in [5.74, 6) is 0. The molecule has 0 unspecified atom stereocenters. The number of para-hydroxylation sites is 9. The van der Waals surface area contributed by atoms with Crippen LogP contribution in [0.25, 0.3) is 202 Å². The van der Waals surface area contributed by atoms with Gasteiger partial charge in [-0.1, -0.05) is 237 Å². The van der Waals surface area contributed by atoms with E-state index in [-0.39, 0.29) is 0 Å². The molecule has 8 heterocycles. The van der Waals surface area contributed by atoms with E-state index in [1.54, 1.807) is 0 Å². The first-order valence-electron chi connectivity index (χ1n) is 33.6. The minimum absolute atomic E-state index is 1.17. The second-order valence-corrected chi connectivity index (χ2v) is 26.3. The van der Waals surface area contributed by atoms with Gasteiger partial charge in [-0.2, -0.15) is 0 Å². The molecule has 0 saturated carbocycles. The van der Waals surface area contributed by atoms with Crippen LogP contribution in [0.4, 0.5) is 0 Å². The van der Waals surface area contributed by atoms with Gasteiger partial charge in [0, 0.05) is 97.6 Å². The van der Waals surface area contributed by atoms with Crippen molar-refractivity contribution in [3.05, 3.63) is 334 Å². The number of nitrogens with zero attached hydrogens (tertiary/aromatic N) is 5. The normalized spacial score (nSPS) is 12.3. The SMILES string of the molecule is c1ccc2c(c1)c1cccc3c4cc5c(cc4n2c13)c1cccc2c3ccccc3n5c21.c1ccc2c(c1)c1ccccc1n2-c1ccc(-c2ccc(-n3c4ccccc4c4ccccc43)cc2)cc1.c1ccc2cc3c(cc2c1)c1cccc2c4cc5ccccc5cc4n3c12. The summed E-state index contributed by atoms with van der Waals surface area (Å²) < 4.78 is 12.1. The van der Waals surface area contributed by atoms with Crippen LogP contribution in [0.15, 0.2) is 334 Å².